The quantitative estimate of drug-likeness (QED) is 0.743. The highest BCUT2D eigenvalue weighted by Gasteiger charge is 2.02. The number of aromatic nitrogens is 2. The number of nitrogens with zero attached hydrogens (tertiary/aromatic N) is 2. The van der Waals surface area contributed by atoms with Crippen LogP contribution in [-0.4, -0.2) is 9.97 Å². The Morgan fingerprint density at radius 2 is 1.78 bits per heavy atom. The maximum absolute atomic E-state index is 5.56. The molecule has 0 saturated carbocycles. The molecule has 0 atom stereocenters. The van der Waals surface area contributed by atoms with Crippen molar-refractivity contribution >= 4 is 10.8 Å². The molecule has 3 heteroatoms. The lowest BCUT2D eigenvalue weighted by molar-refractivity contribution is 0.912. The van der Waals surface area contributed by atoms with Crippen LogP contribution in [0.4, 0.5) is 0 Å². The Labute approximate surface area is 105 Å². The third kappa shape index (κ3) is 1.96. The van der Waals surface area contributed by atoms with Gasteiger partial charge in [-0.05, 0) is 22.9 Å². The largest absolute Gasteiger partial charge is 0.324 e. The predicted molar refractivity (Wildman–Crippen MR) is 72.9 cm³/mol. The molecule has 88 valence electrons. The SMILES string of the molecule is NCc1nccc(-c2ccc3ccccc3c2)n1. The summed E-state index contributed by atoms with van der Waals surface area (Å²) in [6.45, 7) is 0.363. The van der Waals surface area contributed by atoms with Gasteiger partial charge in [-0.15, -0.1) is 0 Å². The van der Waals surface area contributed by atoms with Crippen molar-refractivity contribution in [1.29, 1.82) is 0 Å². The average molecular weight is 235 g/mol. The topological polar surface area (TPSA) is 51.8 Å². The molecule has 0 spiro atoms. The first kappa shape index (κ1) is 10.9. The van der Waals surface area contributed by atoms with Crippen LogP contribution in [-0.2, 0) is 6.54 Å². The van der Waals surface area contributed by atoms with E-state index in [0.717, 1.165) is 11.3 Å². The van der Waals surface area contributed by atoms with Crippen molar-refractivity contribution in [3.05, 3.63) is 60.6 Å². The molecule has 1 heterocycles. The van der Waals surface area contributed by atoms with E-state index in [0.29, 0.717) is 12.4 Å². The summed E-state index contributed by atoms with van der Waals surface area (Å²) in [7, 11) is 0. The van der Waals surface area contributed by atoms with Gasteiger partial charge in [-0.2, -0.15) is 0 Å². The Balaban J connectivity index is 2.13. The first-order valence-electron chi connectivity index (χ1n) is 5.88. The van der Waals surface area contributed by atoms with E-state index in [1.54, 1.807) is 6.20 Å². The molecule has 0 aliphatic rings. The highest BCUT2D eigenvalue weighted by atomic mass is 14.9. The summed E-state index contributed by atoms with van der Waals surface area (Å²) in [5.41, 5.74) is 7.56. The highest BCUT2D eigenvalue weighted by Crippen LogP contribution is 2.22. The highest BCUT2D eigenvalue weighted by molar-refractivity contribution is 5.86. The van der Waals surface area contributed by atoms with Crippen LogP contribution in [0.2, 0.25) is 0 Å². The molecule has 0 amide bonds. The van der Waals surface area contributed by atoms with E-state index in [2.05, 4.69) is 40.3 Å². The van der Waals surface area contributed by atoms with Crippen LogP contribution >= 0.6 is 0 Å². The molecule has 3 rings (SSSR count). The predicted octanol–water partition coefficient (Wildman–Crippen LogP) is 2.76. The third-order valence-corrected chi connectivity index (χ3v) is 2.93. The molecular formula is C15H13N3. The molecule has 0 aliphatic heterocycles. The van der Waals surface area contributed by atoms with Crippen molar-refractivity contribution in [2.24, 2.45) is 5.73 Å². The zero-order chi connectivity index (χ0) is 12.4. The molecule has 3 aromatic rings. The molecule has 1 aromatic heterocycles. The Bertz CT molecular complexity index is 692. The second-order valence-electron chi connectivity index (χ2n) is 4.12. The fourth-order valence-electron chi connectivity index (χ4n) is 2.01. The second-order valence-corrected chi connectivity index (χ2v) is 4.12. The Morgan fingerprint density at radius 3 is 2.61 bits per heavy atom. The minimum Gasteiger partial charge on any atom is -0.324 e. The van der Waals surface area contributed by atoms with Gasteiger partial charge in [-0.3, -0.25) is 0 Å². The summed E-state index contributed by atoms with van der Waals surface area (Å²) in [4.78, 5) is 8.54. The number of hydrogen-bond donors (Lipinski definition) is 1. The van der Waals surface area contributed by atoms with Gasteiger partial charge in [0.25, 0.3) is 0 Å². The number of benzene rings is 2. The van der Waals surface area contributed by atoms with Gasteiger partial charge in [0.05, 0.1) is 12.2 Å². The van der Waals surface area contributed by atoms with E-state index in [1.165, 1.54) is 10.8 Å². The number of rotatable bonds is 2. The van der Waals surface area contributed by atoms with Crippen LogP contribution in [0.3, 0.4) is 0 Å². The standard InChI is InChI=1S/C15H13N3/c16-10-15-17-8-7-14(18-15)13-6-5-11-3-1-2-4-12(11)9-13/h1-9H,10,16H2. The van der Waals surface area contributed by atoms with E-state index in [4.69, 9.17) is 5.73 Å². The molecular weight excluding hydrogens is 222 g/mol. The molecule has 0 unspecified atom stereocenters. The van der Waals surface area contributed by atoms with Crippen molar-refractivity contribution in [3.63, 3.8) is 0 Å². The van der Waals surface area contributed by atoms with Gasteiger partial charge in [0, 0.05) is 11.8 Å². The van der Waals surface area contributed by atoms with Crippen molar-refractivity contribution in [2.45, 2.75) is 6.54 Å². The van der Waals surface area contributed by atoms with Crippen LogP contribution in [0.15, 0.2) is 54.7 Å². The number of fused-ring (bicyclic) bond motifs is 1. The van der Waals surface area contributed by atoms with Crippen molar-refractivity contribution < 1.29 is 0 Å². The summed E-state index contributed by atoms with van der Waals surface area (Å²) >= 11 is 0. The first-order chi connectivity index (χ1) is 8.86. The molecule has 0 saturated heterocycles. The van der Waals surface area contributed by atoms with Gasteiger partial charge in [0.1, 0.15) is 5.82 Å². The van der Waals surface area contributed by atoms with Crippen molar-refractivity contribution in [2.75, 3.05) is 0 Å². The van der Waals surface area contributed by atoms with Crippen molar-refractivity contribution in [1.82, 2.24) is 9.97 Å². The molecule has 2 aromatic carbocycles. The fourth-order valence-corrected chi connectivity index (χ4v) is 2.01. The van der Waals surface area contributed by atoms with Crippen LogP contribution in [0.5, 0.6) is 0 Å². The smallest absolute Gasteiger partial charge is 0.142 e. The van der Waals surface area contributed by atoms with Crippen LogP contribution in [0.25, 0.3) is 22.0 Å². The van der Waals surface area contributed by atoms with Crippen molar-refractivity contribution in [3.8, 4) is 11.3 Å². The summed E-state index contributed by atoms with van der Waals surface area (Å²) in [5, 5.41) is 2.44. The van der Waals surface area contributed by atoms with Crippen LogP contribution in [0, 0.1) is 0 Å². The lowest BCUT2D eigenvalue weighted by Gasteiger charge is -2.04. The molecule has 3 nitrogen and oxygen atoms in total. The van der Waals surface area contributed by atoms with E-state index < -0.39 is 0 Å². The first-order valence-corrected chi connectivity index (χ1v) is 5.88. The maximum Gasteiger partial charge on any atom is 0.142 e. The van der Waals surface area contributed by atoms with E-state index in [-0.39, 0.29) is 0 Å². The van der Waals surface area contributed by atoms with Gasteiger partial charge >= 0.3 is 0 Å². The molecule has 0 radical (unpaired) electrons. The van der Waals surface area contributed by atoms with Crippen LogP contribution < -0.4 is 5.73 Å². The number of hydrogen-bond acceptors (Lipinski definition) is 3. The second kappa shape index (κ2) is 4.55. The van der Waals surface area contributed by atoms with E-state index in [1.807, 2.05) is 18.2 Å². The molecule has 0 bridgehead atoms. The summed E-state index contributed by atoms with van der Waals surface area (Å²) in [6, 6.07) is 16.5. The van der Waals surface area contributed by atoms with Gasteiger partial charge < -0.3 is 5.73 Å². The average Bonchev–Trinajstić information content (AvgIpc) is 2.47. The summed E-state index contributed by atoms with van der Waals surface area (Å²) in [6.07, 6.45) is 1.75. The zero-order valence-corrected chi connectivity index (χ0v) is 9.88. The Kier molecular flexibility index (Phi) is 2.74. The normalized spacial score (nSPS) is 10.7. The Hall–Kier alpha value is -2.26. The summed E-state index contributed by atoms with van der Waals surface area (Å²) in [5.74, 6) is 0.667. The summed E-state index contributed by atoms with van der Waals surface area (Å²) < 4.78 is 0. The van der Waals surface area contributed by atoms with Gasteiger partial charge in [0.15, 0.2) is 0 Å². The zero-order valence-electron chi connectivity index (χ0n) is 9.88. The molecule has 2 N–H and O–H groups in total. The minimum absolute atomic E-state index is 0.363. The molecule has 18 heavy (non-hydrogen) atoms. The lowest BCUT2D eigenvalue weighted by atomic mass is 10.1. The van der Waals surface area contributed by atoms with E-state index in [9.17, 15) is 0 Å². The lowest BCUT2D eigenvalue weighted by Crippen LogP contribution is -2.02. The number of nitrogens with two attached hydrogens (primary N) is 1. The fraction of sp³-hybridized carbons (Fsp3) is 0.0667. The van der Waals surface area contributed by atoms with Gasteiger partial charge in [-0.25, -0.2) is 9.97 Å². The minimum atomic E-state index is 0.363. The molecule has 0 aliphatic carbocycles. The third-order valence-electron chi connectivity index (χ3n) is 2.93. The van der Waals surface area contributed by atoms with Gasteiger partial charge in [0.2, 0.25) is 0 Å². The van der Waals surface area contributed by atoms with Crippen LogP contribution in [0.1, 0.15) is 5.82 Å². The van der Waals surface area contributed by atoms with Gasteiger partial charge in [-0.1, -0.05) is 36.4 Å². The monoisotopic (exact) mass is 235 g/mol. The molecule has 0 fully saturated rings. The Morgan fingerprint density at radius 1 is 0.944 bits per heavy atom. The maximum atomic E-state index is 5.56. The van der Waals surface area contributed by atoms with E-state index >= 15 is 0 Å².